The maximum Gasteiger partial charge on any atom is 0.282 e. The first kappa shape index (κ1) is 20.4. The van der Waals surface area contributed by atoms with Crippen LogP contribution in [0.5, 0.6) is 11.5 Å². The third-order valence-corrected chi connectivity index (χ3v) is 4.66. The zero-order valence-electron chi connectivity index (χ0n) is 16.7. The zero-order chi connectivity index (χ0) is 21.0. The molecule has 2 aromatic carbocycles. The zero-order valence-corrected chi connectivity index (χ0v) is 16.7. The average Bonchev–Trinajstić information content (AvgIpc) is 2.99. The van der Waals surface area contributed by atoms with Gasteiger partial charge in [-0.25, -0.2) is 4.90 Å². The minimum Gasteiger partial charge on any atom is -0.497 e. The van der Waals surface area contributed by atoms with Crippen LogP contribution in [0, 0.1) is 0 Å². The summed E-state index contributed by atoms with van der Waals surface area (Å²) in [6.07, 6.45) is 0. The minimum atomic E-state index is -0.431. The number of methoxy groups -OCH3 is 1. The molecule has 0 aromatic heterocycles. The molecular formula is C22H24N2O5. The molecule has 152 valence electrons. The van der Waals surface area contributed by atoms with Gasteiger partial charge in [0.05, 0.1) is 31.6 Å². The van der Waals surface area contributed by atoms with Crippen molar-refractivity contribution in [1.29, 1.82) is 0 Å². The van der Waals surface area contributed by atoms with Gasteiger partial charge in [0, 0.05) is 13.6 Å². The largest absolute Gasteiger partial charge is 0.497 e. The van der Waals surface area contributed by atoms with Crippen molar-refractivity contribution in [3.8, 4) is 11.5 Å². The van der Waals surface area contributed by atoms with E-state index in [1.165, 1.54) is 0 Å². The first-order chi connectivity index (χ1) is 14.0. The topological polar surface area (TPSA) is 79.3 Å². The van der Waals surface area contributed by atoms with Crippen molar-refractivity contribution in [2.45, 2.75) is 6.92 Å². The lowest BCUT2D eigenvalue weighted by Crippen LogP contribution is -2.34. The molecule has 2 aromatic rings. The summed E-state index contributed by atoms with van der Waals surface area (Å²) in [6.45, 7) is 2.52. The Hall–Kier alpha value is -3.32. The van der Waals surface area contributed by atoms with Crippen LogP contribution >= 0.6 is 0 Å². The van der Waals surface area contributed by atoms with E-state index >= 15 is 0 Å². The third-order valence-electron chi connectivity index (χ3n) is 4.66. The van der Waals surface area contributed by atoms with Crippen LogP contribution in [0.2, 0.25) is 0 Å². The summed E-state index contributed by atoms with van der Waals surface area (Å²) in [6, 6.07) is 13.8. The van der Waals surface area contributed by atoms with Crippen molar-refractivity contribution in [2.75, 3.05) is 38.8 Å². The van der Waals surface area contributed by atoms with Gasteiger partial charge in [-0.1, -0.05) is 12.1 Å². The van der Waals surface area contributed by atoms with Crippen LogP contribution in [0.25, 0.3) is 5.57 Å². The Kier molecular flexibility index (Phi) is 6.19. The summed E-state index contributed by atoms with van der Waals surface area (Å²) >= 11 is 0. The number of likely N-dealkylation sites (N-methyl/N-ethyl adjacent to an activating group) is 1. The SMILES string of the molecule is CCOc1ccc(C2=C(N(C)CCO)C(=O)N(c3ccc(OC)cc3)C2=O)cc1. The second-order valence-corrected chi connectivity index (χ2v) is 6.47. The number of benzene rings is 2. The van der Waals surface area contributed by atoms with Gasteiger partial charge in [0.2, 0.25) is 0 Å². The van der Waals surface area contributed by atoms with E-state index < -0.39 is 11.8 Å². The fourth-order valence-corrected chi connectivity index (χ4v) is 3.24. The number of carbonyl (C=O) groups excluding carboxylic acids is 2. The van der Waals surface area contributed by atoms with Gasteiger partial charge in [0.15, 0.2) is 0 Å². The fourth-order valence-electron chi connectivity index (χ4n) is 3.24. The summed E-state index contributed by atoms with van der Waals surface area (Å²) in [5.74, 6) is 0.472. The highest BCUT2D eigenvalue weighted by atomic mass is 16.5. The number of hydrogen-bond donors (Lipinski definition) is 1. The lowest BCUT2D eigenvalue weighted by molar-refractivity contribution is -0.120. The molecule has 2 amide bonds. The summed E-state index contributed by atoms with van der Waals surface area (Å²) < 4.78 is 10.6. The van der Waals surface area contributed by atoms with E-state index in [1.807, 2.05) is 6.92 Å². The van der Waals surface area contributed by atoms with Crippen molar-refractivity contribution in [3.05, 3.63) is 59.8 Å². The monoisotopic (exact) mass is 396 g/mol. The first-order valence-electron chi connectivity index (χ1n) is 9.34. The van der Waals surface area contributed by atoms with Crippen LogP contribution in [0.3, 0.4) is 0 Å². The van der Waals surface area contributed by atoms with Gasteiger partial charge in [-0.2, -0.15) is 0 Å². The summed E-state index contributed by atoms with van der Waals surface area (Å²) in [4.78, 5) is 29.3. The number of amides is 2. The molecule has 29 heavy (non-hydrogen) atoms. The van der Waals surface area contributed by atoms with E-state index in [1.54, 1.807) is 67.6 Å². The van der Waals surface area contributed by atoms with Gasteiger partial charge in [-0.3, -0.25) is 9.59 Å². The van der Waals surface area contributed by atoms with Crippen LogP contribution in [0.15, 0.2) is 54.2 Å². The lowest BCUT2D eigenvalue weighted by atomic mass is 10.0. The molecule has 0 fully saturated rings. The highest BCUT2D eigenvalue weighted by Gasteiger charge is 2.41. The number of rotatable bonds is 8. The van der Waals surface area contributed by atoms with Gasteiger partial charge < -0.3 is 19.5 Å². The normalized spacial score (nSPS) is 13.9. The maximum absolute atomic E-state index is 13.3. The molecular weight excluding hydrogens is 372 g/mol. The molecule has 0 saturated heterocycles. The van der Waals surface area contributed by atoms with Crippen LogP contribution < -0.4 is 14.4 Å². The van der Waals surface area contributed by atoms with Crippen LogP contribution in [-0.2, 0) is 9.59 Å². The van der Waals surface area contributed by atoms with Gasteiger partial charge in [-0.15, -0.1) is 0 Å². The number of aliphatic hydroxyl groups excluding tert-OH is 1. The van der Waals surface area contributed by atoms with Gasteiger partial charge >= 0.3 is 0 Å². The molecule has 1 aliphatic heterocycles. The fraction of sp³-hybridized carbons (Fsp3) is 0.273. The highest BCUT2D eigenvalue weighted by Crippen LogP contribution is 2.35. The molecule has 0 radical (unpaired) electrons. The molecule has 0 unspecified atom stereocenters. The second kappa shape index (κ2) is 8.79. The van der Waals surface area contributed by atoms with Crippen molar-refractivity contribution in [1.82, 2.24) is 4.90 Å². The summed E-state index contributed by atoms with van der Waals surface area (Å²) in [7, 11) is 3.23. The minimum absolute atomic E-state index is 0.138. The molecule has 1 N–H and O–H groups in total. The number of anilines is 1. The van der Waals surface area contributed by atoms with Crippen molar-refractivity contribution < 1.29 is 24.2 Å². The predicted molar refractivity (Wildman–Crippen MR) is 110 cm³/mol. The third kappa shape index (κ3) is 3.95. The lowest BCUT2D eigenvalue weighted by Gasteiger charge is -2.20. The predicted octanol–water partition coefficient (Wildman–Crippen LogP) is 2.30. The Morgan fingerprint density at radius 2 is 1.59 bits per heavy atom. The molecule has 3 rings (SSSR count). The Morgan fingerprint density at radius 1 is 0.966 bits per heavy atom. The summed E-state index contributed by atoms with van der Waals surface area (Å²) in [5.41, 5.74) is 1.62. The Balaban J connectivity index is 2.04. The van der Waals surface area contributed by atoms with Crippen molar-refractivity contribution in [2.24, 2.45) is 0 Å². The van der Waals surface area contributed by atoms with E-state index in [4.69, 9.17) is 9.47 Å². The van der Waals surface area contributed by atoms with E-state index in [0.29, 0.717) is 34.9 Å². The number of ether oxygens (including phenoxy) is 2. The molecule has 0 atom stereocenters. The number of hydrogen-bond acceptors (Lipinski definition) is 6. The standard InChI is InChI=1S/C22H24N2O5/c1-4-29-18-9-5-15(6-10-18)19-20(23(2)13-14-25)22(27)24(21(19)26)16-7-11-17(28-3)12-8-16/h5-12,25H,4,13-14H2,1-3H3. The Morgan fingerprint density at radius 3 is 2.14 bits per heavy atom. The number of nitrogens with zero attached hydrogens (tertiary/aromatic N) is 2. The molecule has 0 saturated carbocycles. The van der Waals surface area contributed by atoms with Gasteiger partial charge in [0.1, 0.15) is 17.2 Å². The van der Waals surface area contributed by atoms with Crippen molar-refractivity contribution >= 4 is 23.1 Å². The number of imide groups is 1. The second-order valence-electron chi connectivity index (χ2n) is 6.47. The molecule has 7 heteroatoms. The molecule has 1 aliphatic rings. The number of aliphatic hydroxyl groups is 1. The number of carbonyl (C=O) groups is 2. The first-order valence-corrected chi connectivity index (χ1v) is 9.34. The van der Waals surface area contributed by atoms with E-state index in [-0.39, 0.29) is 18.8 Å². The highest BCUT2D eigenvalue weighted by molar-refractivity contribution is 6.45. The van der Waals surface area contributed by atoms with Crippen molar-refractivity contribution in [3.63, 3.8) is 0 Å². The van der Waals surface area contributed by atoms with E-state index in [2.05, 4.69) is 0 Å². The Bertz CT molecular complexity index is 919. The van der Waals surface area contributed by atoms with Gasteiger partial charge in [-0.05, 0) is 48.9 Å². The Labute approximate surface area is 169 Å². The molecule has 0 bridgehead atoms. The molecule has 1 heterocycles. The summed E-state index contributed by atoms with van der Waals surface area (Å²) in [5, 5.41) is 9.34. The average molecular weight is 396 g/mol. The molecule has 0 spiro atoms. The van der Waals surface area contributed by atoms with Crippen LogP contribution in [0.4, 0.5) is 5.69 Å². The van der Waals surface area contributed by atoms with Crippen LogP contribution in [0.1, 0.15) is 12.5 Å². The van der Waals surface area contributed by atoms with E-state index in [9.17, 15) is 14.7 Å². The van der Waals surface area contributed by atoms with E-state index in [0.717, 1.165) is 4.90 Å². The molecule has 7 nitrogen and oxygen atoms in total. The van der Waals surface area contributed by atoms with Crippen LogP contribution in [-0.4, -0.2) is 55.7 Å². The van der Waals surface area contributed by atoms with Gasteiger partial charge in [0.25, 0.3) is 11.8 Å². The molecule has 0 aliphatic carbocycles. The maximum atomic E-state index is 13.3. The smallest absolute Gasteiger partial charge is 0.282 e. The quantitative estimate of drug-likeness (QED) is 0.690.